The van der Waals surface area contributed by atoms with Gasteiger partial charge in [0.2, 0.25) is 17.7 Å². The fraction of sp³-hybridized carbons (Fsp3) is 0.188. The molecule has 2 atom stereocenters. The van der Waals surface area contributed by atoms with Crippen LogP contribution in [0.4, 0.5) is 0 Å². The Morgan fingerprint density at radius 3 is 2.57 bits per heavy atom. The third-order valence-corrected chi connectivity index (χ3v) is 4.28. The second-order valence-corrected chi connectivity index (χ2v) is 7.02. The smallest absolute Gasteiger partial charge is 0.306 e. The van der Waals surface area contributed by atoms with E-state index in [4.69, 9.17) is 13.7 Å². The van der Waals surface area contributed by atoms with Crippen LogP contribution in [0.2, 0.25) is 0 Å². The van der Waals surface area contributed by atoms with Gasteiger partial charge in [0, 0.05) is 6.07 Å². The van der Waals surface area contributed by atoms with Gasteiger partial charge in [0.15, 0.2) is 0 Å². The summed E-state index contributed by atoms with van der Waals surface area (Å²) >= 11 is 0. The molecule has 2 aliphatic rings. The number of hydrogen-bond acceptors (Lipinski definition) is 6. The standard InChI is InChI=1S/C16H12O6S/c1-23(18,19)22-11-7-8-12-13(9-11)20-15-16(21-15,14(12)17)10-5-3-2-4-6-10/h2-9,15H,1H3/t15-,16-/m1/s1. The molecule has 0 saturated carbocycles. The first kappa shape index (κ1) is 14.2. The topological polar surface area (TPSA) is 82.2 Å². The number of ether oxygens (including phenoxy) is 2. The second kappa shape index (κ2) is 4.56. The molecule has 0 aromatic heterocycles. The maximum atomic E-state index is 12.8. The first-order valence-corrected chi connectivity index (χ1v) is 8.70. The Hall–Kier alpha value is -2.38. The molecule has 23 heavy (non-hydrogen) atoms. The van der Waals surface area contributed by atoms with Crippen LogP contribution < -0.4 is 8.92 Å². The number of epoxide rings is 1. The van der Waals surface area contributed by atoms with Gasteiger partial charge in [-0.25, -0.2) is 0 Å². The van der Waals surface area contributed by atoms with Crippen LogP contribution in [-0.4, -0.2) is 26.7 Å². The van der Waals surface area contributed by atoms with E-state index >= 15 is 0 Å². The van der Waals surface area contributed by atoms with E-state index in [1.165, 1.54) is 18.2 Å². The normalized spacial score (nSPS) is 25.1. The predicted molar refractivity (Wildman–Crippen MR) is 79.9 cm³/mol. The van der Waals surface area contributed by atoms with Crippen LogP contribution in [0.5, 0.6) is 11.5 Å². The minimum Gasteiger partial charge on any atom is -0.460 e. The predicted octanol–water partition coefficient (Wildman–Crippen LogP) is 1.85. The fourth-order valence-corrected chi connectivity index (χ4v) is 3.21. The lowest BCUT2D eigenvalue weighted by molar-refractivity contribution is 0.0863. The number of carbonyl (C=O) groups excluding carboxylic acids is 1. The quantitative estimate of drug-likeness (QED) is 0.630. The molecule has 0 aliphatic carbocycles. The van der Waals surface area contributed by atoms with Crippen LogP contribution in [0.25, 0.3) is 0 Å². The molecule has 7 heteroatoms. The van der Waals surface area contributed by atoms with Gasteiger partial charge in [-0.15, -0.1) is 0 Å². The van der Waals surface area contributed by atoms with E-state index < -0.39 is 22.0 Å². The molecule has 0 spiro atoms. The fourth-order valence-electron chi connectivity index (χ4n) is 2.75. The average Bonchev–Trinajstić information content (AvgIpc) is 3.22. The number of ketones is 1. The van der Waals surface area contributed by atoms with Gasteiger partial charge in [-0.1, -0.05) is 30.3 Å². The number of Topliss-reactive ketones (excluding diaryl/α,β-unsaturated/α-hetero) is 1. The summed E-state index contributed by atoms with van der Waals surface area (Å²) in [5.41, 5.74) is -0.0337. The minimum absolute atomic E-state index is 0.0897. The van der Waals surface area contributed by atoms with Gasteiger partial charge in [0.1, 0.15) is 11.5 Å². The van der Waals surface area contributed by atoms with E-state index in [1.54, 1.807) is 0 Å². The van der Waals surface area contributed by atoms with E-state index in [2.05, 4.69) is 0 Å². The van der Waals surface area contributed by atoms with Crippen molar-refractivity contribution in [2.75, 3.05) is 6.26 Å². The largest absolute Gasteiger partial charge is 0.460 e. The van der Waals surface area contributed by atoms with E-state index in [9.17, 15) is 13.2 Å². The number of benzene rings is 2. The molecule has 118 valence electrons. The first-order valence-electron chi connectivity index (χ1n) is 6.88. The molecule has 0 amide bonds. The van der Waals surface area contributed by atoms with E-state index in [0.29, 0.717) is 5.56 Å². The lowest BCUT2D eigenvalue weighted by Crippen LogP contribution is -2.31. The summed E-state index contributed by atoms with van der Waals surface area (Å²) in [5.74, 6) is 0.137. The molecule has 2 aliphatic heterocycles. The van der Waals surface area contributed by atoms with Crippen LogP contribution in [0.3, 0.4) is 0 Å². The zero-order valence-corrected chi connectivity index (χ0v) is 12.9. The van der Waals surface area contributed by atoms with Gasteiger partial charge in [-0.05, 0) is 17.7 Å². The third-order valence-electron chi connectivity index (χ3n) is 3.79. The highest BCUT2D eigenvalue weighted by molar-refractivity contribution is 7.86. The van der Waals surface area contributed by atoms with Crippen LogP contribution >= 0.6 is 0 Å². The maximum Gasteiger partial charge on any atom is 0.306 e. The van der Waals surface area contributed by atoms with Crippen molar-refractivity contribution in [3.05, 3.63) is 59.7 Å². The summed E-state index contributed by atoms with van der Waals surface area (Å²) in [7, 11) is -3.65. The highest BCUT2D eigenvalue weighted by atomic mass is 32.2. The van der Waals surface area contributed by atoms with Crippen molar-refractivity contribution in [1.82, 2.24) is 0 Å². The molecule has 2 aromatic rings. The molecule has 4 rings (SSSR count). The molecule has 0 unspecified atom stereocenters. The third kappa shape index (κ3) is 2.20. The lowest BCUT2D eigenvalue weighted by atomic mass is 9.88. The van der Waals surface area contributed by atoms with Crippen LogP contribution in [0.15, 0.2) is 48.5 Å². The zero-order chi connectivity index (χ0) is 16.2. The highest BCUT2D eigenvalue weighted by Crippen LogP contribution is 2.54. The monoisotopic (exact) mass is 332 g/mol. The summed E-state index contributed by atoms with van der Waals surface area (Å²) in [6.45, 7) is 0. The Morgan fingerprint density at radius 1 is 1.13 bits per heavy atom. The Kier molecular flexibility index (Phi) is 2.82. The molecule has 1 fully saturated rings. The molecule has 2 heterocycles. The van der Waals surface area contributed by atoms with Crippen molar-refractivity contribution in [3.8, 4) is 11.5 Å². The van der Waals surface area contributed by atoms with Crippen molar-refractivity contribution in [1.29, 1.82) is 0 Å². The van der Waals surface area contributed by atoms with Gasteiger partial charge < -0.3 is 13.7 Å². The molecule has 0 radical (unpaired) electrons. The molecule has 6 nitrogen and oxygen atoms in total. The second-order valence-electron chi connectivity index (χ2n) is 5.44. The Labute approximate surface area is 132 Å². The summed E-state index contributed by atoms with van der Waals surface area (Å²) in [6.07, 6.45) is 0.237. The number of hydrogen-bond donors (Lipinski definition) is 0. The highest BCUT2D eigenvalue weighted by Gasteiger charge is 2.68. The Balaban J connectivity index is 1.73. The molecular weight excluding hydrogens is 320 g/mol. The van der Waals surface area contributed by atoms with Crippen molar-refractivity contribution < 1.29 is 26.9 Å². The molecule has 0 bridgehead atoms. The summed E-state index contributed by atoms with van der Waals surface area (Å²) in [6, 6.07) is 13.4. The van der Waals surface area contributed by atoms with Gasteiger partial charge in [-0.3, -0.25) is 4.79 Å². The van der Waals surface area contributed by atoms with Gasteiger partial charge in [0.25, 0.3) is 0 Å². The van der Waals surface area contributed by atoms with Crippen LogP contribution in [-0.2, 0) is 20.5 Å². The molecular formula is C16H12O6S. The summed E-state index contributed by atoms with van der Waals surface area (Å²) < 4.78 is 38.4. The van der Waals surface area contributed by atoms with Crippen molar-refractivity contribution >= 4 is 15.9 Å². The lowest BCUT2D eigenvalue weighted by Gasteiger charge is -2.20. The number of fused-ring (bicyclic) bond motifs is 2. The number of rotatable bonds is 3. The summed E-state index contributed by atoms with van der Waals surface area (Å²) in [5, 5.41) is 0. The maximum absolute atomic E-state index is 12.8. The van der Waals surface area contributed by atoms with Crippen molar-refractivity contribution in [2.45, 2.75) is 11.9 Å². The van der Waals surface area contributed by atoms with E-state index in [0.717, 1.165) is 11.8 Å². The first-order chi connectivity index (χ1) is 10.9. The average molecular weight is 332 g/mol. The van der Waals surface area contributed by atoms with Crippen molar-refractivity contribution in [2.24, 2.45) is 0 Å². The molecule has 0 N–H and O–H groups in total. The van der Waals surface area contributed by atoms with Gasteiger partial charge in [-0.2, -0.15) is 8.42 Å². The SMILES string of the molecule is CS(=O)(=O)Oc1ccc2c(c1)O[C@@H]1O[C@]1(c1ccccc1)C2=O. The zero-order valence-electron chi connectivity index (χ0n) is 12.1. The molecule has 1 saturated heterocycles. The van der Waals surface area contributed by atoms with E-state index in [-0.39, 0.29) is 17.3 Å². The van der Waals surface area contributed by atoms with Gasteiger partial charge in [0.05, 0.1) is 11.8 Å². The van der Waals surface area contributed by atoms with Crippen LogP contribution in [0.1, 0.15) is 15.9 Å². The Morgan fingerprint density at radius 2 is 1.87 bits per heavy atom. The van der Waals surface area contributed by atoms with Crippen molar-refractivity contribution in [3.63, 3.8) is 0 Å². The number of carbonyl (C=O) groups is 1. The Bertz CT molecular complexity index is 905. The van der Waals surface area contributed by atoms with E-state index in [1.807, 2.05) is 30.3 Å². The molecule has 2 aromatic carbocycles. The summed E-state index contributed by atoms with van der Waals surface area (Å²) in [4.78, 5) is 12.8. The van der Waals surface area contributed by atoms with Crippen LogP contribution in [0, 0.1) is 0 Å². The van der Waals surface area contributed by atoms with Gasteiger partial charge >= 0.3 is 10.1 Å². The minimum atomic E-state index is -3.65.